The highest BCUT2D eigenvalue weighted by Crippen LogP contribution is 2.05. The fourth-order valence-corrected chi connectivity index (χ4v) is 0.771. The van der Waals surface area contributed by atoms with Gasteiger partial charge in [0, 0.05) is 12.7 Å². The Morgan fingerprint density at radius 2 is 2.00 bits per heavy atom. The van der Waals surface area contributed by atoms with Gasteiger partial charge >= 0.3 is 5.97 Å². The Hall–Kier alpha value is -1.55. The van der Waals surface area contributed by atoms with Crippen LogP contribution in [0.1, 0.15) is 10.4 Å². The monoisotopic (exact) mass is 166 g/mol. The molecule has 0 aliphatic rings. The molecule has 12 heavy (non-hydrogen) atoms. The standard InChI is InChI=1S/C8H10N2O2/c1-10-12-8(11)6-2-4-7(9)5-3-6/h2-5,10H,9H2,1H3. The summed E-state index contributed by atoms with van der Waals surface area (Å²) in [5.74, 6) is -0.419. The van der Waals surface area contributed by atoms with Crippen LogP contribution in [0.5, 0.6) is 0 Å². The molecule has 0 atom stereocenters. The zero-order valence-corrected chi connectivity index (χ0v) is 6.70. The van der Waals surface area contributed by atoms with E-state index in [2.05, 4.69) is 10.3 Å². The van der Waals surface area contributed by atoms with Crippen LogP contribution in [-0.2, 0) is 4.84 Å². The van der Waals surface area contributed by atoms with E-state index in [9.17, 15) is 4.79 Å². The molecule has 0 spiro atoms. The van der Waals surface area contributed by atoms with Gasteiger partial charge in [0.05, 0.1) is 5.56 Å². The Kier molecular flexibility index (Phi) is 2.66. The molecular weight excluding hydrogens is 156 g/mol. The first kappa shape index (κ1) is 8.55. The van der Waals surface area contributed by atoms with Crippen LogP contribution in [0.4, 0.5) is 5.69 Å². The molecule has 4 nitrogen and oxygen atoms in total. The number of rotatable bonds is 2. The Labute approximate surface area is 70.3 Å². The van der Waals surface area contributed by atoms with E-state index >= 15 is 0 Å². The van der Waals surface area contributed by atoms with Gasteiger partial charge < -0.3 is 10.6 Å². The Morgan fingerprint density at radius 3 is 2.50 bits per heavy atom. The molecule has 64 valence electrons. The van der Waals surface area contributed by atoms with Gasteiger partial charge in [-0.2, -0.15) is 5.48 Å². The first-order valence-electron chi connectivity index (χ1n) is 3.47. The average molecular weight is 166 g/mol. The number of hydrogen-bond acceptors (Lipinski definition) is 4. The minimum absolute atomic E-state index is 0.419. The summed E-state index contributed by atoms with van der Waals surface area (Å²) < 4.78 is 0. The predicted octanol–water partition coefficient (Wildman–Crippen LogP) is 0.560. The molecular formula is C8H10N2O2. The molecule has 0 saturated carbocycles. The van der Waals surface area contributed by atoms with Crippen LogP contribution in [0.15, 0.2) is 24.3 Å². The van der Waals surface area contributed by atoms with Crippen molar-refractivity contribution in [3.8, 4) is 0 Å². The van der Waals surface area contributed by atoms with Gasteiger partial charge in [-0.05, 0) is 24.3 Å². The van der Waals surface area contributed by atoms with Crippen molar-refractivity contribution in [2.75, 3.05) is 12.8 Å². The van der Waals surface area contributed by atoms with E-state index in [0.29, 0.717) is 11.3 Å². The lowest BCUT2D eigenvalue weighted by molar-refractivity contribution is 0.0310. The summed E-state index contributed by atoms with van der Waals surface area (Å²) in [6.45, 7) is 0. The molecule has 0 fully saturated rings. The number of nitrogens with one attached hydrogen (secondary N) is 1. The lowest BCUT2D eigenvalue weighted by Crippen LogP contribution is -2.14. The van der Waals surface area contributed by atoms with E-state index in [1.807, 2.05) is 0 Å². The van der Waals surface area contributed by atoms with Crippen LogP contribution in [0.2, 0.25) is 0 Å². The summed E-state index contributed by atoms with van der Waals surface area (Å²) in [4.78, 5) is 15.6. The number of anilines is 1. The number of benzene rings is 1. The van der Waals surface area contributed by atoms with Crippen LogP contribution in [0, 0.1) is 0 Å². The second-order valence-corrected chi connectivity index (χ2v) is 2.22. The third-order valence-corrected chi connectivity index (χ3v) is 1.34. The molecule has 0 unspecified atom stereocenters. The molecule has 0 bridgehead atoms. The van der Waals surface area contributed by atoms with Crippen LogP contribution in [0.3, 0.4) is 0 Å². The van der Waals surface area contributed by atoms with E-state index in [4.69, 9.17) is 5.73 Å². The Balaban J connectivity index is 2.75. The van der Waals surface area contributed by atoms with Crippen molar-refractivity contribution in [3.63, 3.8) is 0 Å². The number of nitrogen functional groups attached to an aromatic ring is 1. The number of carbonyl (C=O) groups excluding carboxylic acids is 1. The van der Waals surface area contributed by atoms with Gasteiger partial charge in [0.15, 0.2) is 0 Å². The highest BCUT2D eigenvalue weighted by Gasteiger charge is 2.04. The van der Waals surface area contributed by atoms with Gasteiger partial charge in [0.2, 0.25) is 0 Å². The largest absolute Gasteiger partial charge is 0.399 e. The molecule has 0 aliphatic carbocycles. The average Bonchev–Trinajstić information content (AvgIpc) is 2.06. The summed E-state index contributed by atoms with van der Waals surface area (Å²) in [6, 6.07) is 6.50. The topological polar surface area (TPSA) is 64.3 Å². The van der Waals surface area contributed by atoms with Crippen LogP contribution in [0.25, 0.3) is 0 Å². The second kappa shape index (κ2) is 3.73. The van der Waals surface area contributed by atoms with Crippen LogP contribution < -0.4 is 11.2 Å². The summed E-state index contributed by atoms with van der Waals surface area (Å²) in [5, 5.41) is 0. The fraction of sp³-hybridized carbons (Fsp3) is 0.125. The molecule has 0 amide bonds. The lowest BCUT2D eigenvalue weighted by atomic mass is 10.2. The van der Waals surface area contributed by atoms with Crippen molar-refractivity contribution in [3.05, 3.63) is 29.8 Å². The van der Waals surface area contributed by atoms with Crippen molar-refractivity contribution in [2.24, 2.45) is 0 Å². The highest BCUT2D eigenvalue weighted by molar-refractivity contribution is 5.89. The molecule has 4 heteroatoms. The summed E-state index contributed by atoms with van der Waals surface area (Å²) in [7, 11) is 1.52. The minimum Gasteiger partial charge on any atom is -0.399 e. The number of hydrogen-bond donors (Lipinski definition) is 2. The van der Waals surface area contributed by atoms with Crippen molar-refractivity contribution in [2.45, 2.75) is 0 Å². The summed E-state index contributed by atoms with van der Waals surface area (Å²) >= 11 is 0. The van der Waals surface area contributed by atoms with Gasteiger partial charge in [-0.1, -0.05) is 0 Å². The maximum absolute atomic E-state index is 11.0. The zero-order chi connectivity index (χ0) is 8.97. The third-order valence-electron chi connectivity index (χ3n) is 1.34. The maximum Gasteiger partial charge on any atom is 0.356 e. The molecule has 0 saturated heterocycles. The van der Waals surface area contributed by atoms with Crippen LogP contribution in [-0.4, -0.2) is 13.0 Å². The third kappa shape index (κ3) is 1.96. The molecule has 0 aliphatic heterocycles. The molecule has 0 radical (unpaired) electrons. The Morgan fingerprint density at radius 1 is 1.42 bits per heavy atom. The molecule has 1 rings (SSSR count). The first-order valence-corrected chi connectivity index (χ1v) is 3.47. The van der Waals surface area contributed by atoms with Crippen molar-refractivity contribution < 1.29 is 9.63 Å². The fourth-order valence-electron chi connectivity index (χ4n) is 0.771. The number of nitrogens with two attached hydrogens (primary N) is 1. The molecule has 0 aromatic heterocycles. The van der Waals surface area contributed by atoms with Gasteiger partial charge in [-0.15, -0.1) is 0 Å². The predicted molar refractivity (Wildman–Crippen MR) is 45.3 cm³/mol. The van der Waals surface area contributed by atoms with Gasteiger partial charge in [-0.25, -0.2) is 4.79 Å². The second-order valence-electron chi connectivity index (χ2n) is 2.22. The molecule has 3 N–H and O–H groups in total. The van der Waals surface area contributed by atoms with Crippen molar-refractivity contribution >= 4 is 11.7 Å². The molecule has 1 aromatic carbocycles. The van der Waals surface area contributed by atoms with Gasteiger partial charge in [-0.3, -0.25) is 0 Å². The first-order chi connectivity index (χ1) is 5.74. The van der Waals surface area contributed by atoms with Crippen molar-refractivity contribution in [1.29, 1.82) is 0 Å². The lowest BCUT2D eigenvalue weighted by Gasteiger charge is -2.00. The molecule has 0 heterocycles. The molecule has 1 aromatic rings. The SMILES string of the molecule is CNOC(=O)c1ccc(N)cc1. The van der Waals surface area contributed by atoms with E-state index in [1.165, 1.54) is 7.05 Å². The van der Waals surface area contributed by atoms with E-state index in [-0.39, 0.29) is 0 Å². The maximum atomic E-state index is 11.0. The highest BCUT2D eigenvalue weighted by atomic mass is 16.7. The summed E-state index contributed by atoms with van der Waals surface area (Å²) in [5.41, 5.74) is 8.82. The quantitative estimate of drug-likeness (QED) is 0.497. The minimum atomic E-state index is -0.419. The normalized spacial score (nSPS) is 9.42. The van der Waals surface area contributed by atoms with Gasteiger partial charge in [0.25, 0.3) is 0 Å². The Bertz CT molecular complexity index is 269. The number of hydroxylamine groups is 1. The van der Waals surface area contributed by atoms with E-state index in [0.717, 1.165) is 0 Å². The van der Waals surface area contributed by atoms with Crippen LogP contribution >= 0.6 is 0 Å². The zero-order valence-electron chi connectivity index (χ0n) is 6.70. The number of carbonyl (C=O) groups is 1. The summed E-state index contributed by atoms with van der Waals surface area (Å²) in [6.07, 6.45) is 0. The van der Waals surface area contributed by atoms with E-state index < -0.39 is 5.97 Å². The van der Waals surface area contributed by atoms with E-state index in [1.54, 1.807) is 24.3 Å². The van der Waals surface area contributed by atoms with Gasteiger partial charge in [0.1, 0.15) is 0 Å². The smallest absolute Gasteiger partial charge is 0.356 e. The van der Waals surface area contributed by atoms with Crippen molar-refractivity contribution in [1.82, 2.24) is 5.48 Å².